The predicted molar refractivity (Wildman–Crippen MR) is 104 cm³/mol. The Balaban J connectivity index is -0.000000203. The van der Waals surface area contributed by atoms with Gasteiger partial charge in [0.15, 0.2) is 0 Å². The number of rotatable bonds is 7. The summed E-state index contributed by atoms with van der Waals surface area (Å²) in [5.41, 5.74) is 0. The van der Waals surface area contributed by atoms with E-state index in [1.807, 2.05) is 16.0 Å². The number of unbranched alkanes of at least 4 members (excludes halogenated alkanes) is 3. The molecule has 0 radical (unpaired) electrons. The third-order valence-corrected chi connectivity index (χ3v) is 3.77. The van der Waals surface area contributed by atoms with E-state index >= 15 is 0 Å². The molecule has 0 aliphatic heterocycles. The normalized spacial score (nSPS) is 11.5. The summed E-state index contributed by atoms with van der Waals surface area (Å²) in [6, 6.07) is 0. The van der Waals surface area contributed by atoms with E-state index in [9.17, 15) is 0 Å². The quantitative estimate of drug-likeness (QED) is 0.204. The van der Waals surface area contributed by atoms with Crippen LogP contribution < -0.4 is 0 Å². The van der Waals surface area contributed by atoms with E-state index in [2.05, 4.69) is 87.3 Å². The maximum absolute atomic E-state index is 3.58. The highest BCUT2D eigenvalue weighted by atomic mass is 79.9. The number of halogens is 3. The molecular weight excluding hydrogens is 432 g/mol. The Morgan fingerprint density at radius 3 is 1.68 bits per heavy atom. The van der Waals surface area contributed by atoms with Crippen molar-refractivity contribution < 1.29 is 0 Å². The first-order valence-electron chi connectivity index (χ1n) is 6.91. The molecule has 0 aromatic carbocycles. The first-order valence-corrected chi connectivity index (χ1v) is 9.66. The van der Waals surface area contributed by atoms with Crippen LogP contribution in [0.2, 0.25) is 0 Å². The molecule has 0 amide bonds. The van der Waals surface area contributed by atoms with E-state index in [0.717, 1.165) is 6.42 Å². The fraction of sp³-hybridized carbons (Fsp3) is 0.625. The van der Waals surface area contributed by atoms with Crippen molar-refractivity contribution in [2.24, 2.45) is 0 Å². The average Bonchev–Trinajstić information content (AvgIpc) is 2.46. The van der Waals surface area contributed by atoms with Gasteiger partial charge in [-0.25, -0.2) is 0 Å². The first-order chi connectivity index (χ1) is 9.14. The second-order valence-corrected chi connectivity index (χ2v) is 6.05. The van der Waals surface area contributed by atoms with Crippen LogP contribution in [-0.4, -0.2) is 4.83 Å². The van der Waals surface area contributed by atoms with Gasteiger partial charge < -0.3 is 0 Å². The molecule has 114 valence electrons. The predicted octanol–water partition coefficient (Wildman–Crippen LogP) is 8.13. The van der Waals surface area contributed by atoms with Gasteiger partial charge in [-0.15, -0.1) is 6.58 Å². The van der Waals surface area contributed by atoms with Gasteiger partial charge in [-0.1, -0.05) is 106 Å². The Morgan fingerprint density at radius 2 is 1.47 bits per heavy atom. The summed E-state index contributed by atoms with van der Waals surface area (Å²) in [5, 5.41) is 0. The maximum atomic E-state index is 3.58. The number of alkyl halides is 1. The van der Waals surface area contributed by atoms with Gasteiger partial charge in [0, 0.05) is 4.83 Å². The lowest BCUT2D eigenvalue weighted by molar-refractivity contribution is 0.815. The van der Waals surface area contributed by atoms with E-state index in [4.69, 9.17) is 0 Å². The zero-order valence-corrected chi connectivity index (χ0v) is 17.3. The Hall–Kier alpha value is 0.660. The minimum atomic E-state index is 0.512. The molecule has 0 aromatic rings. The lowest BCUT2D eigenvalue weighted by Gasteiger charge is -1.91. The van der Waals surface area contributed by atoms with E-state index in [1.54, 1.807) is 0 Å². The highest BCUT2D eigenvalue weighted by Gasteiger charge is 1.86. The van der Waals surface area contributed by atoms with Gasteiger partial charge in [-0.3, -0.25) is 0 Å². The minimum Gasteiger partial charge on any atom is -0.102 e. The minimum absolute atomic E-state index is 0.512. The van der Waals surface area contributed by atoms with Crippen LogP contribution in [0.25, 0.3) is 0 Å². The topological polar surface area (TPSA) is 0 Å². The Bertz CT molecular complexity index is 198. The molecule has 0 nitrogen and oxygen atoms in total. The van der Waals surface area contributed by atoms with Crippen LogP contribution in [0.3, 0.4) is 0 Å². The molecule has 0 aliphatic rings. The molecule has 19 heavy (non-hydrogen) atoms. The molecule has 1 atom stereocenters. The molecule has 0 fully saturated rings. The van der Waals surface area contributed by atoms with Crippen LogP contribution in [0.1, 0.15) is 59.3 Å². The fourth-order valence-electron chi connectivity index (χ4n) is 0.781. The summed E-state index contributed by atoms with van der Waals surface area (Å²) in [6.45, 7) is 10.1. The van der Waals surface area contributed by atoms with Crippen molar-refractivity contribution >= 4 is 47.8 Å². The molecule has 1 unspecified atom stereocenters. The Morgan fingerprint density at radius 1 is 0.947 bits per heavy atom. The van der Waals surface area contributed by atoms with Crippen LogP contribution in [0, 0.1) is 0 Å². The van der Waals surface area contributed by atoms with Crippen LogP contribution in [-0.2, 0) is 0 Å². The van der Waals surface area contributed by atoms with Gasteiger partial charge in [0.2, 0.25) is 0 Å². The van der Waals surface area contributed by atoms with Crippen molar-refractivity contribution in [2.75, 3.05) is 0 Å². The zero-order valence-electron chi connectivity index (χ0n) is 12.5. The largest absolute Gasteiger partial charge is 0.102 e. The number of hydrogen-bond donors (Lipinski definition) is 0. The average molecular weight is 461 g/mol. The number of hydrogen-bond acceptors (Lipinski definition) is 0. The van der Waals surface area contributed by atoms with Crippen molar-refractivity contribution in [3.05, 3.63) is 34.8 Å². The third-order valence-electron chi connectivity index (χ3n) is 2.00. The van der Waals surface area contributed by atoms with Crippen molar-refractivity contribution in [3.63, 3.8) is 0 Å². The molecule has 0 heterocycles. The molecular formula is C16H29Br3. The van der Waals surface area contributed by atoms with E-state index in [1.165, 1.54) is 32.1 Å². The van der Waals surface area contributed by atoms with Crippen LogP contribution >= 0.6 is 47.8 Å². The van der Waals surface area contributed by atoms with Gasteiger partial charge >= 0.3 is 0 Å². The summed E-state index contributed by atoms with van der Waals surface area (Å²) in [4.78, 5) is 4.33. The highest BCUT2D eigenvalue weighted by molar-refractivity contribution is 9.11. The Kier molecular flexibility index (Phi) is 35.2. The van der Waals surface area contributed by atoms with Gasteiger partial charge in [-0.05, 0) is 29.2 Å². The molecule has 0 bridgehead atoms. The van der Waals surface area contributed by atoms with Crippen molar-refractivity contribution in [1.82, 2.24) is 0 Å². The standard InChI is InChI=1S/C6H11Br.2C5H9Br/c1-2-3-4-5-6-7;1-3-5(6)4-2;1-2-3-4-5-6/h5-6H,2-4H2,1H3;3,5H,1,4H2,2H3;4-5H,2-3H2,1H3. The summed E-state index contributed by atoms with van der Waals surface area (Å²) >= 11 is 9.73. The summed E-state index contributed by atoms with van der Waals surface area (Å²) in [7, 11) is 0. The zero-order chi connectivity index (χ0) is 15.4. The molecule has 0 spiro atoms. The molecule has 3 heteroatoms. The van der Waals surface area contributed by atoms with Crippen molar-refractivity contribution in [1.29, 1.82) is 0 Å². The summed E-state index contributed by atoms with van der Waals surface area (Å²) in [5.74, 6) is 0. The second-order valence-electron chi connectivity index (χ2n) is 3.81. The number of allylic oxidation sites excluding steroid dienone is 3. The van der Waals surface area contributed by atoms with Gasteiger partial charge in [0.25, 0.3) is 0 Å². The molecule has 0 rings (SSSR count). The molecule has 0 aromatic heterocycles. The monoisotopic (exact) mass is 458 g/mol. The van der Waals surface area contributed by atoms with E-state index < -0.39 is 0 Å². The lowest BCUT2D eigenvalue weighted by atomic mass is 10.3. The molecule has 0 saturated carbocycles. The molecule has 0 saturated heterocycles. The van der Waals surface area contributed by atoms with Gasteiger partial charge in [0.05, 0.1) is 0 Å². The van der Waals surface area contributed by atoms with Crippen molar-refractivity contribution in [3.8, 4) is 0 Å². The smallest absolute Gasteiger partial charge is 0.0320 e. The molecule has 0 N–H and O–H groups in total. The van der Waals surface area contributed by atoms with E-state index in [0.29, 0.717) is 4.83 Å². The summed E-state index contributed by atoms with van der Waals surface area (Å²) < 4.78 is 0. The third kappa shape index (κ3) is 38.1. The summed E-state index contributed by atoms with van der Waals surface area (Å²) in [6.07, 6.45) is 13.5. The van der Waals surface area contributed by atoms with Crippen LogP contribution in [0.5, 0.6) is 0 Å². The van der Waals surface area contributed by atoms with Crippen LogP contribution in [0.4, 0.5) is 0 Å². The Labute approximate surface area is 146 Å². The molecule has 0 aliphatic carbocycles. The van der Waals surface area contributed by atoms with Crippen molar-refractivity contribution in [2.45, 2.75) is 64.1 Å². The van der Waals surface area contributed by atoms with Crippen LogP contribution in [0.15, 0.2) is 34.8 Å². The van der Waals surface area contributed by atoms with E-state index in [-0.39, 0.29) is 0 Å². The van der Waals surface area contributed by atoms with Gasteiger partial charge in [0.1, 0.15) is 0 Å². The SMILES string of the molecule is C=CC(Br)CC.CCCC=CBr.CCCCC=CBr. The highest BCUT2D eigenvalue weighted by Crippen LogP contribution is 2.02. The fourth-order valence-corrected chi connectivity index (χ4v) is 1.31. The first kappa shape index (κ1) is 24.7. The van der Waals surface area contributed by atoms with Gasteiger partial charge in [-0.2, -0.15) is 0 Å². The lowest BCUT2D eigenvalue weighted by Crippen LogP contribution is -1.83. The second kappa shape index (κ2) is 27.1. The maximum Gasteiger partial charge on any atom is 0.0320 e.